The molecule has 3 aromatic rings. The molecule has 1 saturated carbocycles. The van der Waals surface area contributed by atoms with E-state index >= 15 is 0 Å². The van der Waals surface area contributed by atoms with Gasteiger partial charge in [-0.3, -0.25) is 19.7 Å². The second kappa shape index (κ2) is 11.3. The minimum Gasteiger partial charge on any atom is -0.497 e. The summed E-state index contributed by atoms with van der Waals surface area (Å²) in [5, 5.41) is 21.8. The molecule has 0 aliphatic heterocycles. The number of benzene rings is 3. The largest absolute Gasteiger partial charge is 0.497 e. The van der Waals surface area contributed by atoms with Gasteiger partial charge >= 0.3 is 0 Å². The van der Waals surface area contributed by atoms with Crippen molar-refractivity contribution in [2.24, 2.45) is 5.92 Å². The van der Waals surface area contributed by atoms with Crippen molar-refractivity contribution in [3.8, 4) is 5.75 Å². The number of aryl methyl sites for hydroxylation is 1. The summed E-state index contributed by atoms with van der Waals surface area (Å²) >= 11 is 0. The topological polar surface area (TPSA) is 107 Å². The number of hydrogen-bond donors (Lipinski definition) is 1. The number of carbonyl (C=O) groups excluding carboxylic acids is 2. The van der Waals surface area contributed by atoms with E-state index in [2.05, 4.69) is 0 Å². The highest BCUT2D eigenvalue weighted by atomic mass is 16.6. The van der Waals surface area contributed by atoms with Gasteiger partial charge in [-0.1, -0.05) is 72.3 Å². The van der Waals surface area contributed by atoms with Crippen LogP contribution in [0.5, 0.6) is 5.75 Å². The molecule has 0 spiro atoms. The van der Waals surface area contributed by atoms with Gasteiger partial charge in [0.15, 0.2) is 5.78 Å². The van der Waals surface area contributed by atoms with Crippen LogP contribution in [0.2, 0.25) is 0 Å². The fourth-order valence-electron chi connectivity index (χ4n) is 5.09. The number of aliphatic hydroxyl groups excluding tert-OH is 1. The summed E-state index contributed by atoms with van der Waals surface area (Å²) in [6.45, 7) is 1.82. The molecule has 0 bridgehead atoms. The predicted octanol–water partition coefficient (Wildman–Crippen LogP) is 4.88. The smallest absolute Gasteiger partial charge is 0.228 e. The molecule has 7 nitrogen and oxygen atoms in total. The van der Waals surface area contributed by atoms with E-state index < -0.39 is 29.6 Å². The number of carbonyl (C=O) groups is 2. The van der Waals surface area contributed by atoms with Gasteiger partial charge in [0, 0.05) is 11.3 Å². The highest BCUT2D eigenvalue weighted by Gasteiger charge is 2.53. The fourth-order valence-corrected chi connectivity index (χ4v) is 5.09. The molecular formula is C30H29NO6. The Bertz CT molecular complexity index is 1300. The molecule has 4 rings (SSSR count). The van der Waals surface area contributed by atoms with Gasteiger partial charge in [0.25, 0.3) is 0 Å². The molecule has 1 aliphatic rings. The molecule has 0 heterocycles. The van der Waals surface area contributed by atoms with Gasteiger partial charge in [0.2, 0.25) is 6.04 Å². The number of ether oxygens (including phenoxy) is 1. The lowest BCUT2D eigenvalue weighted by atomic mass is 9.64. The van der Waals surface area contributed by atoms with Crippen molar-refractivity contribution in [2.45, 2.75) is 37.8 Å². The third-order valence-electron chi connectivity index (χ3n) is 7.07. The zero-order valence-electron chi connectivity index (χ0n) is 20.7. The van der Waals surface area contributed by atoms with Crippen LogP contribution in [-0.4, -0.2) is 34.7 Å². The number of rotatable bonds is 8. The van der Waals surface area contributed by atoms with Crippen molar-refractivity contribution in [3.63, 3.8) is 0 Å². The first-order chi connectivity index (χ1) is 17.8. The average Bonchev–Trinajstić information content (AvgIpc) is 2.91. The molecule has 37 heavy (non-hydrogen) atoms. The first-order valence-corrected chi connectivity index (χ1v) is 12.1. The number of hydrogen-bond acceptors (Lipinski definition) is 6. The van der Waals surface area contributed by atoms with Crippen molar-refractivity contribution in [1.29, 1.82) is 0 Å². The lowest BCUT2D eigenvalue weighted by molar-refractivity contribution is -0.533. The van der Waals surface area contributed by atoms with Gasteiger partial charge in [-0.05, 0) is 47.4 Å². The maximum atomic E-state index is 13.5. The van der Waals surface area contributed by atoms with E-state index in [9.17, 15) is 24.8 Å². The second-order valence-corrected chi connectivity index (χ2v) is 9.38. The first kappa shape index (κ1) is 26.0. The Morgan fingerprint density at radius 1 is 1.03 bits per heavy atom. The van der Waals surface area contributed by atoms with Gasteiger partial charge in [-0.15, -0.1) is 0 Å². The first-order valence-electron chi connectivity index (χ1n) is 12.1. The normalized spacial score (nSPS) is 21.6. The Hall–Kier alpha value is -4.10. The lowest BCUT2D eigenvalue weighted by Crippen LogP contribution is -2.48. The summed E-state index contributed by atoms with van der Waals surface area (Å²) in [6, 6.07) is 20.0. The van der Waals surface area contributed by atoms with E-state index in [0.717, 1.165) is 16.7 Å². The second-order valence-electron chi connectivity index (χ2n) is 9.38. The van der Waals surface area contributed by atoms with Crippen molar-refractivity contribution in [1.82, 2.24) is 0 Å². The zero-order valence-corrected chi connectivity index (χ0v) is 20.7. The summed E-state index contributed by atoms with van der Waals surface area (Å²) in [4.78, 5) is 39.2. The number of nitrogens with zero attached hydrogens (tertiary/aromatic N) is 1. The Labute approximate surface area is 215 Å². The molecule has 0 amide bonds. The monoisotopic (exact) mass is 499 g/mol. The molecule has 3 aromatic carbocycles. The van der Waals surface area contributed by atoms with E-state index in [1.165, 1.54) is 13.2 Å². The standard InChI is InChI=1S/C30H29NO6/c1-19-3-10-23(11-4-19)28-29(26(33)16-9-20-5-7-21(18-32)8-6-20)27(34)17-25(30(28)31(35)36)22-12-14-24(37-2)15-13-22/h3-16,25,28-30,32H,17-18H2,1-2H3/b16-9+. The highest BCUT2D eigenvalue weighted by molar-refractivity contribution is 6.10. The van der Waals surface area contributed by atoms with E-state index in [-0.39, 0.29) is 23.7 Å². The lowest BCUT2D eigenvalue weighted by Gasteiger charge is -2.36. The van der Waals surface area contributed by atoms with Crippen LogP contribution in [0.15, 0.2) is 78.9 Å². The van der Waals surface area contributed by atoms with Crippen LogP contribution in [0.1, 0.15) is 46.1 Å². The van der Waals surface area contributed by atoms with Crippen LogP contribution in [0.25, 0.3) is 6.08 Å². The van der Waals surface area contributed by atoms with Crippen molar-refractivity contribution >= 4 is 17.6 Å². The molecule has 7 heteroatoms. The average molecular weight is 500 g/mol. The van der Waals surface area contributed by atoms with E-state index in [1.54, 1.807) is 66.7 Å². The summed E-state index contributed by atoms with van der Waals surface area (Å²) in [7, 11) is 1.54. The number of ketones is 2. The number of allylic oxidation sites excluding steroid dienone is 1. The van der Waals surface area contributed by atoms with Crippen LogP contribution in [-0.2, 0) is 16.2 Å². The van der Waals surface area contributed by atoms with E-state index in [4.69, 9.17) is 4.74 Å². The SMILES string of the molecule is COc1ccc(C2CC(=O)C(C(=O)/C=C/c3ccc(CO)cc3)C(c3ccc(C)cc3)C2[N+](=O)[O-])cc1. The fraction of sp³-hybridized carbons (Fsp3) is 0.267. The summed E-state index contributed by atoms with van der Waals surface area (Å²) in [5.74, 6) is -2.92. The van der Waals surface area contributed by atoms with Crippen LogP contribution in [0.4, 0.5) is 0 Å². The summed E-state index contributed by atoms with van der Waals surface area (Å²) < 4.78 is 5.21. The molecule has 190 valence electrons. The van der Waals surface area contributed by atoms with Gasteiger partial charge in [0.1, 0.15) is 11.5 Å². The van der Waals surface area contributed by atoms with Crippen LogP contribution < -0.4 is 4.74 Å². The van der Waals surface area contributed by atoms with Crippen molar-refractivity contribution < 1.29 is 24.4 Å². The Kier molecular flexibility index (Phi) is 7.94. The Balaban J connectivity index is 1.74. The molecular weight excluding hydrogens is 470 g/mol. The number of methoxy groups -OCH3 is 1. The third-order valence-corrected chi connectivity index (χ3v) is 7.07. The maximum Gasteiger partial charge on any atom is 0.228 e. The molecule has 1 fully saturated rings. The Morgan fingerprint density at radius 2 is 1.65 bits per heavy atom. The minimum absolute atomic E-state index is 0.0879. The summed E-state index contributed by atoms with van der Waals surface area (Å²) in [5.41, 5.74) is 3.70. The van der Waals surface area contributed by atoms with E-state index in [1.807, 2.05) is 19.1 Å². The van der Waals surface area contributed by atoms with E-state index in [0.29, 0.717) is 16.9 Å². The van der Waals surface area contributed by atoms with Crippen LogP contribution in [0, 0.1) is 23.0 Å². The molecule has 1 aliphatic carbocycles. The molecule has 1 N–H and O–H groups in total. The predicted molar refractivity (Wildman–Crippen MR) is 140 cm³/mol. The third kappa shape index (κ3) is 5.67. The molecule has 0 radical (unpaired) electrons. The highest BCUT2D eigenvalue weighted by Crippen LogP contribution is 2.45. The van der Waals surface area contributed by atoms with Crippen molar-refractivity contribution in [3.05, 3.63) is 117 Å². The number of aliphatic hydroxyl groups is 1. The number of nitro groups is 1. The van der Waals surface area contributed by atoms with Gasteiger partial charge in [-0.2, -0.15) is 0 Å². The van der Waals surface area contributed by atoms with Gasteiger partial charge in [-0.25, -0.2) is 0 Å². The molecule has 0 saturated heterocycles. The zero-order chi connectivity index (χ0) is 26.5. The summed E-state index contributed by atoms with van der Waals surface area (Å²) in [6.07, 6.45) is 2.83. The van der Waals surface area contributed by atoms with Crippen LogP contribution >= 0.6 is 0 Å². The number of Topliss-reactive ketones (excluding diaryl/α,β-unsaturated/α-hetero) is 1. The minimum atomic E-state index is -1.17. The maximum absolute atomic E-state index is 13.5. The quantitative estimate of drug-likeness (QED) is 0.205. The molecule has 4 unspecified atom stereocenters. The van der Waals surface area contributed by atoms with Gasteiger partial charge in [0.05, 0.1) is 31.5 Å². The van der Waals surface area contributed by atoms with Gasteiger partial charge < -0.3 is 9.84 Å². The molecule has 4 atom stereocenters. The van der Waals surface area contributed by atoms with Crippen molar-refractivity contribution in [2.75, 3.05) is 7.11 Å². The molecule has 0 aromatic heterocycles. The Morgan fingerprint density at radius 3 is 2.22 bits per heavy atom. The van der Waals surface area contributed by atoms with Crippen LogP contribution in [0.3, 0.4) is 0 Å².